The predicted octanol–water partition coefficient (Wildman–Crippen LogP) is 1.47. The van der Waals surface area contributed by atoms with Crippen LogP contribution in [0.5, 0.6) is 5.75 Å². The molecule has 0 amide bonds. The second kappa shape index (κ2) is 3.98. The molecule has 0 saturated carbocycles. The van der Waals surface area contributed by atoms with E-state index in [2.05, 4.69) is 11.4 Å². The molecule has 1 aliphatic heterocycles. The number of nitrogens with one attached hydrogen (secondary N) is 1. The van der Waals surface area contributed by atoms with Crippen LogP contribution in [0.4, 0.5) is 0 Å². The van der Waals surface area contributed by atoms with E-state index < -0.39 is 0 Å². The zero-order valence-electron chi connectivity index (χ0n) is 8.29. The lowest BCUT2D eigenvalue weighted by Crippen LogP contribution is -2.19. The van der Waals surface area contributed by atoms with Crippen molar-refractivity contribution in [3.63, 3.8) is 0 Å². The first-order chi connectivity index (χ1) is 6.81. The topological polar surface area (TPSA) is 41.5 Å². The van der Waals surface area contributed by atoms with E-state index in [9.17, 15) is 0 Å². The number of aliphatic hydroxyl groups is 1. The molecule has 1 aliphatic rings. The van der Waals surface area contributed by atoms with Crippen LogP contribution in [0, 0.1) is 0 Å². The molecule has 1 unspecified atom stereocenters. The molecule has 0 aliphatic carbocycles. The van der Waals surface area contributed by atoms with E-state index in [0.29, 0.717) is 0 Å². The quantitative estimate of drug-likeness (QED) is 0.718. The second-order valence-corrected chi connectivity index (χ2v) is 3.55. The molecule has 0 radical (unpaired) electrons. The van der Waals surface area contributed by atoms with E-state index in [1.807, 2.05) is 19.1 Å². The summed E-state index contributed by atoms with van der Waals surface area (Å²) in [5.41, 5.74) is 2.47. The molecule has 3 heteroatoms. The Hall–Kier alpha value is -1.06. The van der Waals surface area contributed by atoms with Crippen LogP contribution in [0.1, 0.15) is 25.5 Å². The van der Waals surface area contributed by atoms with Gasteiger partial charge in [0.25, 0.3) is 0 Å². The smallest absolute Gasteiger partial charge is 0.122 e. The highest BCUT2D eigenvalue weighted by molar-refractivity contribution is 5.40. The molecule has 3 nitrogen and oxygen atoms in total. The number of rotatable bonds is 3. The molecule has 0 spiro atoms. The fourth-order valence-electron chi connectivity index (χ4n) is 1.73. The first-order valence-corrected chi connectivity index (χ1v) is 4.91. The van der Waals surface area contributed by atoms with Gasteiger partial charge in [0.15, 0.2) is 0 Å². The van der Waals surface area contributed by atoms with Crippen molar-refractivity contribution in [3.8, 4) is 5.75 Å². The summed E-state index contributed by atoms with van der Waals surface area (Å²) < 4.78 is 5.42. The van der Waals surface area contributed by atoms with E-state index in [-0.39, 0.29) is 14.2 Å². The van der Waals surface area contributed by atoms with Crippen LogP contribution in [-0.4, -0.2) is 18.4 Å². The highest BCUT2D eigenvalue weighted by atomic mass is 16.5. The standard InChI is InChI=1S/C11H15NO2.H2/c1-8(12-7-13)9-2-3-11-10(6-9)4-5-14-11;/h2-3,6,8,12-13H,4-5,7H2,1H3;1H. The van der Waals surface area contributed by atoms with Gasteiger partial charge in [0.1, 0.15) is 5.75 Å². The maximum atomic E-state index is 8.76. The Morgan fingerprint density at radius 1 is 1.64 bits per heavy atom. The van der Waals surface area contributed by atoms with Crippen molar-refractivity contribution >= 4 is 0 Å². The summed E-state index contributed by atoms with van der Waals surface area (Å²) in [4.78, 5) is 0. The number of benzene rings is 1. The Morgan fingerprint density at radius 2 is 2.50 bits per heavy atom. The van der Waals surface area contributed by atoms with Gasteiger partial charge in [-0.1, -0.05) is 12.1 Å². The summed E-state index contributed by atoms with van der Waals surface area (Å²) in [5, 5.41) is 11.7. The van der Waals surface area contributed by atoms with Crippen molar-refractivity contribution in [2.75, 3.05) is 13.3 Å². The van der Waals surface area contributed by atoms with E-state index in [0.717, 1.165) is 18.8 Å². The van der Waals surface area contributed by atoms with Crippen molar-refractivity contribution in [3.05, 3.63) is 29.3 Å². The largest absolute Gasteiger partial charge is 0.493 e. The van der Waals surface area contributed by atoms with E-state index in [4.69, 9.17) is 9.84 Å². The van der Waals surface area contributed by atoms with E-state index >= 15 is 0 Å². The molecule has 2 N–H and O–H groups in total. The Kier molecular flexibility index (Phi) is 2.70. The molecule has 1 aromatic rings. The van der Waals surface area contributed by atoms with Crippen LogP contribution in [0.2, 0.25) is 0 Å². The summed E-state index contributed by atoms with van der Waals surface area (Å²) in [6.45, 7) is 2.84. The van der Waals surface area contributed by atoms with Gasteiger partial charge in [-0.15, -0.1) is 0 Å². The molecule has 0 aromatic heterocycles. The van der Waals surface area contributed by atoms with Gasteiger partial charge in [0.05, 0.1) is 13.3 Å². The lowest BCUT2D eigenvalue weighted by Gasteiger charge is -2.12. The van der Waals surface area contributed by atoms with Gasteiger partial charge in [-0.05, 0) is 24.1 Å². The van der Waals surface area contributed by atoms with Crippen LogP contribution in [-0.2, 0) is 6.42 Å². The van der Waals surface area contributed by atoms with Gasteiger partial charge in [0.2, 0.25) is 0 Å². The second-order valence-electron chi connectivity index (χ2n) is 3.55. The van der Waals surface area contributed by atoms with Crippen LogP contribution >= 0.6 is 0 Å². The van der Waals surface area contributed by atoms with E-state index in [1.165, 1.54) is 11.1 Å². The molecule has 0 bridgehead atoms. The number of hydrogen-bond donors (Lipinski definition) is 2. The highest BCUT2D eigenvalue weighted by Crippen LogP contribution is 2.27. The Morgan fingerprint density at radius 3 is 3.29 bits per heavy atom. The normalized spacial score (nSPS) is 16.1. The van der Waals surface area contributed by atoms with Crippen molar-refractivity contribution < 1.29 is 11.3 Å². The Bertz CT molecular complexity index is 330. The summed E-state index contributed by atoms with van der Waals surface area (Å²) in [5.74, 6) is 1.00. The SMILES string of the molecule is CC(NCO)c1ccc2c(c1)CCO2.[HH]. The lowest BCUT2D eigenvalue weighted by atomic mass is 10.0. The number of hydrogen-bond acceptors (Lipinski definition) is 3. The third kappa shape index (κ3) is 1.74. The van der Waals surface area contributed by atoms with Crippen LogP contribution < -0.4 is 10.1 Å². The van der Waals surface area contributed by atoms with Crippen LogP contribution in [0.15, 0.2) is 18.2 Å². The van der Waals surface area contributed by atoms with Gasteiger partial charge < -0.3 is 9.84 Å². The highest BCUT2D eigenvalue weighted by Gasteiger charge is 2.13. The molecule has 1 atom stereocenters. The van der Waals surface area contributed by atoms with Crippen LogP contribution in [0.3, 0.4) is 0 Å². The monoisotopic (exact) mass is 195 g/mol. The summed E-state index contributed by atoms with van der Waals surface area (Å²) >= 11 is 0. The zero-order valence-corrected chi connectivity index (χ0v) is 8.29. The van der Waals surface area contributed by atoms with Crippen LogP contribution in [0.25, 0.3) is 0 Å². The predicted molar refractivity (Wildman–Crippen MR) is 56.4 cm³/mol. The molecule has 14 heavy (non-hydrogen) atoms. The van der Waals surface area contributed by atoms with Crippen molar-refractivity contribution in [2.45, 2.75) is 19.4 Å². The maximum Gasteiger partial charge on any atom is 0.122 e. The lowest BCUT2D eigenvalue weighted by molar-refractivity contribution is 0.245. The van der Waals surface area contributed by atoms with Gasteiger partial charge in [-0.25, -0.2) is 0 Å². The Labute approximate surface area is 85.2 Å². The number of fused-ring (bicyclic) bond motifs is 1. The van der Waals surface area contributed by atoms with Gasteiger partial charge in [-0.2, -0.15) is 0 Å². The maximum absolute atomic E-state index is 8.76. The third-order valence-electron chi connectivity index (χ3n) is 2.61. The molecular weight excluding hydrogens is 178 g/mol. The zero-order chi connectivity index (χ0) is 9.97. The Balaban J connectivity index is 0.00000112. The van der Waals surface area contributed by atoms with Crippen molar-refractivity contribution in [1.29, 1.82) is 0 Å². The van der Waals surface area contributed by atoms with Gasteiger partial charge in [0, 0.05) is 13.9 Å². The van der Waals surface area contributed by atoms with Crippen molar-refractivity contribution in [2.24, 2.45) is 0 Å². The van der Waals surface area contributed by atoms with Crippen molar-refractivity contribution in [1.82, 2.24) is 5.32 Å². The summed E-state index contributed by atoms with van der Waals surface area (Å²) in [6, 6.07) is 6.38. The molecule has 1 aromatic carbocycles. The number of ether oxygens (including phenoxy) is 1. The molecular formula is C11H17NO2. The minimum atomic E-state index is 0. The molecule has 0 saturated heterocycles. The van der Waals surface area contributed by atoms with Gasteiger partial charge in [-0.3, -0.25) is 5.32 Å². The minimum absolute atomic E-state index is 0. The van der Waals surface area contributed by atoms with E-state index in [1.54, 1.807) is 0 Å². The summed E-state index contributed by atoms with van der Waals surface area (Å²) in [7, 11) is 0. The molecule has 78 valence electrons. The number of aliphatic hydroxyl groups excluding tert-OH is 1. The summed E-state index contributed by atoms with van der Waals surface area (Å²) in [6.07, 6.45) is 0.995. The molecule has 0 fully saturated rings. The molecule has 1 heterocycles. The third-order valence-corrected chi connectivity index (χ3v) is 2.61. The van der Waals surface area contributed by atoms with Gasteiger partial charge >= 0.3 is 0 Å². The fourth-order valence-corrected chi connectivity index (χ4v) is 1.73. The average Bonchev–Trinajstić information content (AvgIpc) is 2.64. The minimum Gasteiger partial charge on any atom is -0.493 e. The fraction of sp³-hybridized carbons (Fsp3) is 0.455. The average molecular weight is 195 g/mol. The molecule has 2 rings (SSSR count). The first kappa shape index (κ1) is 9.49. The first-order valence-electron chi connectivity index (χ1n) is 4.91.